The fourth-order valence-corrected chi connectivity index (χ4v) is 3.28. The number of likely N-dealkylation sites (tertiary alicyclic amines) is 1. The van der Waals surface area contributed by atoms with E-state index in [0.717, 1.165) is 17.7 Å². The predicted molar refractivity (Wildman–Crippen MR) is 82.2 cm³/mol. The maximum Gasteiger partial charge on any atom is 0.410 e. The molecule has 1 unspecified atom stereocenters. The highest BCUT2D eigenvalue weighted by molar-refractivity contribution is 5.69. The topological polar surface area (TPSA) is 78.5 Å². The summed E-state index contributed by atoms with van der Waals surface area (Å²) in [6.07, 6.45) is 5.01. The van der Waals surface area contributed by atoms with Crippen molar-refractivity contribution in [1.29, 1.82) is 0 Å². The molecule has 1 fully saturated rings. The SMILES string of the molecule is CC(C)(C)OC(=O)N1CCC2=Cc3[nH]ncc3CC2(CO)C1. The lowest BCUT2D eigenvalue weighted by Gasteiger charge is -2.45. The lowest BCUT2D eigenvalue weighted by atomic mass is 9.69. The van der Waals surface area contributed by atoms with Crippen molar-refractivity contribution in [2.75, 3.05) is 19.7 Å². The molecule has 3 rings (SSSR count). The molecule has 2 heterocycles. The fraction of sp³-hybridized carbons (Fsp3) is 0.625. The predicted octanol–water partition coefficient (Wildman–Crippen LogP) is 1.97. The number of carbonyl (C=O) groups is 1. The Balaban J connectivity index is 1.83. The zero-order valence-electron chi connectivity index (χ0n) is 13.3. The summed E-state index contributed by atoms with van der Waals surface area (Å²) in [4.78, 5) is 14.0. The number of aliphatic hydroxyl groups excluding tert-OH is 1. The highest BCUT2D eigenvalue weighted by Gasteiger charge is 2.44. The van der Waals surface area contributed by atoms with Gasteiger partial charge in [0.1, 0.15) is 5.60 Å². The van der Waals surface area contributed by atoms with Gasteiger partial charge >= 0.3 is 6.09 Å². The number of rotatable bonds is 1. The summed E-state index contributed by atoms with van der Waals surface area (Å²) < 4.78 is 5.47. The van der Waals surface area contributed by atoms with Gasteiger partial charge in [0.05, 0.1) is 18.5 Å². The van der Waals surface area contributed by atoms with E-state index >= 15 is 0 Å². The summed E-state index contributed by atoms with van der Waals surface area (Å²) in [6.45, 7) is 6.70. The number of carbonyl (C=O) groups excluding carboxylic acids is 1. The Morgan fingerprint density at radius 2 is 2.32 bits per heavy atom. The molecule has 0 aromatic carbocycles. The van der Waals surface area contributed by atoms with Crippen LogP contribution >= 0.6 is 0 Å². The number of fused-ring (bicyclic) bond motifs is 2. The number of nitrogens with one attached hydrogen (secondary N) is 1. The van der Waals surface area contributed by atoms with Crippen molar-refractivity contribution in [3.05, 3.63) is 23.0 Å². The smallest absolute Gasteiger partial charge is 0.410 e. The minimum atomic E-state index is -0.510. The molecule has 0 radical (unpaired) electrons. The number of H-pyrrole nitrogens is 1. The molecule has 6 nitrogen and oxygen atoms in total. The highest BCUT2D eigenvalue weighted by Crippen LogP contribution is 2.43. The minimum Gasteiger partial charge on any atom is -0.444 e. The van der Waals surface area contributed by atoms with Gasteiger partial charge in [-0.3, -0.25) is 5.10 Å². The van der Waals surface area contributed by atoms with Crippen LogP contribution in [0.4, 0.5) is 4.79 Å². The van der Waals surface area contributed by atoms with Crippen LogP contribution < -0.4 is 0 Å². The molecule has 1 aromatic rings. The lowest BCUT2D eigenvalue weighted by molar-refractivity contribution is 0.00584. The van der Waals surface area contributed by atoms with E-state index in [1.54, 1.807) is 11.1 Å². The number of piperidine rings is 1. The van der Waals surface area contributed by atoms with Crippen molar-refractivity contribution in [3.8, 4) is 0 Å². The van der Waals surface area contributed by atoms with Crippen molar-refractivity contribution in [2.24, 2.45) is 5.41 Å². The van der Waals surface area contributed by atoms with E-state index in [0.29, 0.717) is 19.5 Å². The van der Waals surface area contributed by atoms with Crippen LogP contribution in [0.2, 0.25) is 0 Å². The zero-order chi connectivity index (χ0) is 16.0. The second-order valence-electron chi connectivity index (χ2n) is 7.25. The van der Waals surface area contributed by atoms with Crippen LogP contribution in [0.1, 0.15) is 38.4 Å². The van der Waals surface area contributed by atoms with E-state index in [1.165, 1.54) is 5.57 Å². The van der Waals surface area contributed by atoms with Crippen LogP contribution in [0, 0.1) is 5.41 Å². The summed E-state index contributed by atoms with van der Waals surface area (Å²) in [6, 6.07) is 0. The maximum atomic E-state index is 12.3. The van der Waals surface area contributed by atoms with Crippen LogP contribution in [0.5, 0.6) is 0 Å². The first-order chi connectivity index (χ1) is 10.3. The van der Waals surface area contributed by atoms with Crippen molar-refractivity contribution >= 4 is 12.2 Å². The first-order valence-corrected chi connectivity index (χ1v) is 7.65. The van der Waals surface area contributed by atoms with Crippen LogP contribution in [0.15, 0.2) is 11.8 Å². The third kappa shape index (κ3) is 2.63. The summed E-state index contributed by atoms with van der Waals surface area (Å²) in [5, 5.41) is 17.1. The van der Waals surface area contributed by atoms with Gasteiger partial charge in [0.15, 0.2) is 0 Å². The fourth-order valence-electron chi connectivity index (χ4n) is 3.28. The third-order valence-corrected chi connectivity index (χ3v) is 4.38. The molecular weight excluding hydrogens is 282 g/mol. The standard InChI is InChI=1S/C16H23N3O3/c1-15(2,3)22-14(21)19-5-4-12-6-13-11(8-17-18-13)7-16(12,9-19)10-20/h6,8,20H,4-5,7,9-10H2,1-3H3,(H,17,18). The van der Waals surface area contributed by atoms with Crippen LogP contribution in [-0.4, -0.2) is 51.6 Å². The van der Waals surface area contributed by atoms with E-state index in [9.17, 15) is 9.90 Å². The molecule has 1 atom stereocenters. The van der Waals surface area contributed by atoms with E-state index in [1.807, 2.05) is 20.8 Å². The Bertz CT molecular complexity index is 614. The van der Waals surface area contributed by atoms with E-state index in [4.69, 9.17) is 4.74 Å². The molecule has 120 valence electrons. The number of hydrogen-bond donors (Lipinski definition) is 2. The van der Waals surface area contributed by atoms with Gasteiger partial charge < -0.3 is 14.7 Å². The number of nitrogens with zero attached hydrogens (tertiary/aromatic N) is 2. The van der Waals surface area contributed by atoms with Gasteiger partial charge in [0, 0.05) is 18.5 Å². The Labute approximate surface area is 130 Å². The first-order valence-electron chi connectivity index (χ1n) is 7.65. The lowest BCUT2D eigenvalue weighted by Crippen LogP contribution is -2.52. The van der Waals surface area contributed by atoms with Gasteiger partial charge in [-0.15, -0.1) is 0 Å². The Morgan fingerprint density at radius 1 is 1.55 bits per heavy atom. The van der Waals surface area contributed by atoms with Gasteiger partial charge in [-0.2, -0.15) is 5.10 Å². The van der Waals surface area contributed by atoms with E-state index in [2.05, 4.69) is 16.3 Å². The van der Waals surface area contributed by atoms with Gasteiger partial charge in [-0.25, -0.2) is 4.79 Å². The zero-order valence-corrected chi connectivity index (χ0v) is 13.3. The van der Waals surface area contributed by atoms with Crippen molar-refractivity contribution in [1.82, 2.24) is 15.1 Å². The molecule has 2 N–H and O–H groups in total. The molecule has 0 bridgehead atoms. The quantitative estimate of drug-likeness (QED) is 0.831. The number of amides is 1. The largest absolute Gasteiger partial charge is 0.444 e. The summed E-state index contributed by atoms with van der Waals surface area (Å²) in [5.41, 5.74) is 2.37. The van der Waals surface area contributed by atoms with Crippen LogP contribution in [0.3, 0.4) is 0 Å². The number of aromatic nitrogens is 2. The minimum absolute atomic E-state index is 0.0166. The molecule has 1 aliphatic heterocycles. The maximum absolute atomic E-state index is 12.3. The number of ether oxygens (including phenoxy) is 1. The Morgan fingerprint density at radius 3 is 3.00 bits per heavy atom. The molecular formula is C16H23N3O3. The molecule has 1 saturated heterocycles. The van der Waals surface area contributed by atoms with Crippen molar-refractivity contribution in [3.63, 3.8) is 0 Å². The number of aromatic amines is 1. The number of aliphatic hydroxyl groups is 1. The van der Waals surface area contributed by atoms with E-state index in [-0.39, 0.29) is 12.7 Å². The van der Waals surface area contributed by atoms with Crippen molar-refractivity contribution in [2.45, 2.75) is 39.2 Å². The molecule has 0 spiro atoms. The molecule has 1 amide bonds. The van der Waals surface area contributed by atoms with Gasteiger partial charge in [-0.1, -0.05) is 5.57 Å². The molecule has 1 aliphatic carbocycles. The summed E-state index contributed by atoms with van der Waals surface area (Å²) in [5.74, 6) is 0. The summed E-state index contributed by atoms with van der Waals surface area (Å²) >= 11 is 0. The Hall–Kier alpha value is -1.82. The van der Waals surface area contributed by atoms with E-state index < -0.39 is 11.0 Å². The first kappa shape index (κ1) is 15.1. The molecule has 6 heteroatoms. The molecule has 22 heavy (non-hydrogen) atoms. The normalized spacial score (nSPS) is 24.4. The molecule has 1 aromatic heterocycles. The second-order valence-corrected chi connectivity index (χ2v) is 7.25. The average Bonchev–Trinajstić information content (AvgIpc) is 2.88. The van der Waals surface area contributed by atoms with Gasteiger partial charge in [-0.05, 0) is 45.3 Å². The summed E-state index contributed by atoms with van der Waals surface area (Å²) in [7, 11) is 0. The second kappa shape index (κ2) is 5.12. The third-order valence-electron chi connectivity index (χ3n) is 4.38. The van der Waals surface area contributed by atoms with Crippen LogP contribution in [0.25, 0.3) is 6.08 Å². The molecule has 2 aliphatic rings. The monoisotopic (exact) mass is 305 g/mol. The highest BCUT2D eigenvalue weighted by atomic mass is 16.6. The van der Waals surface area contributed by atoms with Gasteiger partial charge in [0.2, 0.25) is 0 Å². The van der Waals surface area contributed by atoms with Crippen LogP contribution in [-0.2, 0) is 11.2 Å². The average molecular weight is 305 g/mol. The molecule has 0 saturated carbocycles. The Kier molecular flexibility index (Phi) is 3.51. The number of hydrogen-bond acceptors (Lipinski definition) is 4. The van der Waals surface area contributed by atoms with Crippen molar-refractivity contribution < 1.29 is 14.6 Å². The van der Waals surface area contributed by atoms with Gasteiger partial charge in [0.25, 0.3) is 0 Å².